The summed E-state index contributed by atoms with van der Waals surface area (Å²) in [7, 11) is -6.13. The lowest BCUT2D eigenvalue weighted by molar-refractivity contribution is 0.599. The van der Waals surface area contributed by atoms with Crippen molar-refractivity contribution in [3.8, 4) is 0 Å². The van der Waals surface area contributed by atoms with E-state index in [-0.39, 0.29) is 30.5 Å². The number of nitrogens with one attached hydrogen (secondary N) is 2. The first-order valence-corrected chi connectivity index (χ1v) is 13.3. The molecule has 0 aliphatic heterocycles. The van der Waals surface area contributed by atoms with Crippen LogP contribution in [0.1, 0.15) is 0 Å². The van der Waals surface area contributed by atoms with Crippen molar-refractivity contribution < 1.29 is 16.8 Å². The van der Waals surface area contributed by atoms with Crippen molar-refractivity contribution in [3.05, 3.63) is 70.2 Å². The second kappa shape index (κ2) is 8.03. The molecule has 31 heavy (non-hydrogen) atoms. The summed E-state index contributed by atoms with van der Waals surface area (Å²) in [6.45, 7) is 0. The van der Waals surface area contributed by atoms with Gasteiger partial charge in [-0.2, -0.15) is 0 Å². The van der Waals surface area contributed by atoms with E-state index in [1.54, 1.807) is 23.6 Å². The van der Waals surface area contributed by atoms with Crippen LogP contribution in [0.15, 0.2) is 69.2 Å². The zero-order valence-corrected chi connectivity index (χ0v) is 19.8. The van der Waals surface area contributed by atoms with Crippen LogP contribution in [0.4, 0.5) is 11.4 Å². The van der Waals surface area contributed by atoms with E-state index < -0.39 is 20.0 Å². The molecule has 4 rings (SSSR count). The lowest BCUT2D eigenvalue weighted by atomic mass is 10.2. The molecule has 0 atom stereocenters. The third-order valence-corrected chi connectivity index (χ3v) is 9.32. The summed E-state index contributed by atoms with van der Waals surface area (Å²) in [4.78, 5) is 0.0179. The van der Waals surface area contributed by atoms with Gasteiger partial charge in [0.15, 0.2) is 0 Å². The predicted molar refractivity (Wildman–Crippen MR) is 125 cm³/mol. The Kier molecular flexibility index (Phi) is 5.69. The first kappa shape index (κ1) is 22.0. The SMILES string of the molecule is Cn1ccc2cc(S(=O)(=O)Nc3cc(Cl)c(Cl)cc3NS(=O)(=O)c3cccs3)ccc21. The van der Waals surface area contributed by atoms with Crippen LogP contribution in [0, 0.1) is 0 Å². The standard InChI is InChI=1S/C19H15Cl2N3O4S3/c1-24-7-6-12-9-13(4-5-18(12)24)30(25,26)22-16-10-14(20)15(21)11-17(16)23-31(27,28)19-3-2-8-29-19/h2-11,22-23H,1H3. The second-order valence-corrected chi connectivity index (χ2v) is 12.0. The second-order valence-electron chi connectivity index (χ2n) is 6.60. The molecule has 0 spiro atoms. The largest absolute Gasteiger partial charge is 0.351 e. The van der Waals surface area contributed by atoms with Crippen LogP contribution in [-0.2, 0) is 27.1 Å². The van der Waals surface area contributed by atoms with E-state index in [0.29, 0.717) is 0 Å². The number of thiophene rings is 1. The van der Waals surface area contributed by atoms with Gasteiger partial charge in [-0.3, -0.25) is 9.44 Å². The van der Waals surface area contributed by atoms with Gasteiger partial charge in [0.2, 0.25) is 0 Å². The summed E-state index contributed by atoms with van der Waals surface area (Å²) in [5, 5.41) is 2.50. The molecule has 0 saturated heterocycles. The molecule has 0 bridgehead atoms. The van der Waals surface area contributed by atoms with Crippen molar-refractivity contribution in [1.29, 1.82) is 0 Å². The zero-order valence-electron chi connectivity index (χ0n) is 15.8. The number of halogens is 2. The van der Waals surface area contributed by atoms with Gasteiger partial charge in [-0.15, -0.1) is 11.3 Å². The van der Waals surface area contributed by atoms with Crippen molar-refractivity contribution in [3.63, 3.8) is 0 Å². The molecule has 0 amide bonds. The van der Waals surface area contributed by atoms with E-state index in [9.17, 15) is 16.8 Å². The smallest absolute Gasteiger partial charge is 0.271 e. The van der Waals surface area contributed by atoms with Crippen molar-refractivity contribution in [2.45, 2.75) is 9.10 Å². The maximum absolute atomic E-state index is 13.0. The van der Waals surface area contributed by atoms with Crippen LogP contribution in [0.25, 0.3) is 10.9 Å². The van der Waals surface area contributed by atoms with Crippen LogP contribution in [0.5, 0.6) is 0 Å². The highest BCUT2D eigenvalue weighted by atomic mass is 35.5. The van der Waals surface area contributed by atoms with Crippen molar-refractivity contribution in [2.75, 3.05) is 9.44 Å². The fraction of sp³-hybridized carbons (Fsp3) is 0.0526. The molecule has 0 aliphatic carbocycles. The number of fused-ring (bicyclic) bond motifs is 1. The summed E-state index contributed by atoms with van der Waals surface area (Å²) in [5.74, 6) is 0. The average Bonchev–Trinajstić information content (AvgIpc) is 3.36. The Hall–Kier alpha value is -2.24. The predicted octanol–water partition coefficient (Wildman–Crippen LogP) is 5.15. The van der Waals surface area contributed by atoms with Gasteiger partial charge in [0, 0.05) is 24.1 Å². The Balaban J connectivity index is 1.73. The van der Waals surface area contributed by atoms with Crippen molar-refractivity contribution in [1.82, 2.24) is 4.57 Å². The molecule has 0 unspecified atom stereocenters. The number of benzene rings is 2. The molecule has 12 heteroatoms. The van der Waals surface area contributed by atoms with E-state index in [1.807, 2.05) is 17.8 Å². The van der Waals surface area contributed by atoms with Crippen LogP contribution in [0.2, 0.25) is 10.0 Å². The monoisotopic (exact) mass is 515 g/mol. The van der Waals surface area contributed by atoms with Gasteiger partial charge in [0.1, 0.15) is 4.21 Å². The molecule has 4 aromatic rings. The zero-order chi connectivity index (χ0) is 22.4. The van der Waals surface area contributed by atoms with Gasteiger partial charge in [-0.25, -0.2) is 16.8 Å². The lowest BCUT2D eigenvalue weighted by Gasteiger charge is -2.15. The number of aromatic nitrogens is 1. The maximum Gasteiger partial charge on any atom is 0.271 e. The number of anilines is 2. The Bertz CT molecular complexity index is 1500. The minimum Gasteiger partial charge on any atom is -0.351 e. The number of rotatable bonds is 6. The highest BCUT2D eigenvalue weighted by Gasteiger charge is 2.22. The summed E-state index contributed by atoms with van der Waals surface area (Å²) < 4.78 is 58.1. The molecule has 0 aliphatic rings. The summed E-state index contributed by atoms with van der Waals surface area (Å²) in [6, 6.07) is 12.0. The summed E-state index contributed by atoms with van der Waals surface area (Å²) >= 11 is 13.1. The van der Waals surface area contributed by atoms with Crippen LogP contribution in [0.3, 0.4) is 0 Å². The quantitative estimate of drug-likeness (QED) is 0.371. The van der Waals surface area contributed by atoms with Crippen LogP contribution < -0.4 is 9.44 Å². The molecule has 0 saturated carbocycles. The summed E-state index contributed by atoms with van der Waals surface area (Å²) in [5.41, 5.74) is 0.771. The number of aryl methyl sites for hydroxylation is 1. The molecule has 7 nitrogen and oxygen atoms in total. The molecule has 0 radical (unpaired) electrons. The first-order valence-electron chi connectivity index (χ1n) is 8.70. The topological polar surface area (TPSA) is 97.3 Å². The lowest BCUT2D eigenvalue weighted by Crippen LogP contribution is -2.17. The number of sulfonamides is 2. The van der Waals surface area contributed by atoms with E-state index in [0.717, 1.165) is 22.2 Å². The molecule has 2 aromatic heterocycles. The molecule has 2 aromatic carbocycles. The van der Waals surface area contributed by atoms with Crippen LogP contribution >= 0.6 is 34.5 Å². The van der Waals surface area contributed by atoms with Crippen molar-refractivity contribution >= 4 is 76.9 Å². The minimum atomic E-state index is -4.05. The van der Waals surface area contributed by atoms with E-state index >= 15 is 0 Å². The van der Waals surface area contributed by atoms with Gasteiger partial charge in [0.05, 0.1) is 26.3 Å². The van der Waals surface area contributed by atoms with Crippen LogP contribution in [-0.4, -0.2) is 21.4 Å². The molecular weight excluding hydrogens is 501 g/mol. The average molecular weight is 516 g/mol. The van der Waals surface area contributed by atoms with Gasteiger partial charge < -0.3 is 4.57 Å². The van der Waals surface area contributed by atoms with Gasteiger partial charge >= 0.3 is 0 Å². The van der Waals surface area contributed by atoms with Gasteiger partial charge in [-0.05, 0) is 47.8 Å². The Labute approximate surface area is 193 Å². The van der Waals surface area contributed by atoms with Gasteiger partial charge in [-0.1, -0.05) is 29.3 Å². The highest BCUT2D eigenvalue weighted by Crippen LogP contribution is 2.35. The number of nitrogens with zero attached hydrogens (tertiary/aromatic N) is 1. The number of hydrogen-bond donors (Lipinski definition) is 2. The molecule has 0 fully saturated rings. The molecule has 2 heterocycles. The molecule has 162 valence electrons. The Morgan fingerprint density at radius 3 is 2.13 bits per heavy atom. The van der Waals surface area contributed by atoms with E-state index in [4.69, 9.17) is 23.2 Å². The third kappa shape index (κ3) is 4.39. The highest BCUT2D eigenvalue weighted by molar-refractivity contribution is 7.94. The fourth-order valence-corrected chi connectivity index (χ4v) is 6.45. The minimum absolute atomic E-state index is 0.0179. The molecule has 2 N–H and O–H groups in total. The van der Waals surface area contributed by atoms with Crippen molar-refractivity contribution in [2.24, 2.45) is 7.05 Å². The molecular formula is C19H15Cl2N3O4S3. The Morgan fingerprint density at radius 2 is 1.52 bits per heavy atom. The fourth-order valence-electron chi connectivity index (χ4n) is 2.96. The Morgan fingerprint density at radius 1 is 0.871 bits per heavy atom. The first-order chi connectivity index (χ1) is 14.6. The van der Waals surface area contributed by atoms with Gasteiger partial charge in [0.25, 0.3) is 20.0 Å². The summed E-state index contributed by atoms with van der Waals surface area (Å²) in [6.07, 6.45) is 1.82. The number of hydrogen-bond acceptors (Lipinski definition) is 5. The van der Waals surface area contributed by atoms with E-state index in [2.05, 4.69) is 9.44 Å². The third-order valence-electron chi connectivity index (χ3n) is 4.48. The van der Waals surface area contributed by atoms with E-state index in [1.165, 1.54) is 30.3 Å². The normalized spacial score (nSPS) is 12.2. The maximum atomic E-state index is 13.0.